The number of carbonyl (C=O) groups is 1. The molecular formula is C10H18N4O. The maximum atomic E-state index is 11.9. The molecule has 1 unspecified atom stereocenters. The van der Waals surface area contributed by atoms with Gasteiger partial charge in [-0.1, -0.05) is 13.3 Å². The van der Waals surface area contributed by atoms with Gasteiger partial charge >= 0.3 is 0 Å². The molecular weight excluding hydrogens is 192 g/mol. The third kappa shape index (κ3) is 2.86. The first kappa shape index (κ1) is 11.8. The van der Waals surface area contributed by atoms with Crippen molar-refractivity contribution in [1.29, 1.82) is 0 Å². The van der Waals surface area contributed by atoms with Gasteiger partial charge < -0.3 is 5.73 Å². The van der Waals surface area contributed by atoms with Gasteiger partial charge in [0, 0.05) is 7.05 Å². The fourth-order valence-electron chi connectivity index (χ4n) is 1.48. The lowest BCUT2D eigenvalue weighted by molar-refractivity contribution is -0.123. The molecule has 0 aliphatic carbocycles. The van der Waals surface area contributed by atoms with E-state index in [0.29, 0.717) is 12.2 Å². The second-order valence-corrected chi connectivity index (χ2v) is 4.07. The van der Waals surface area contributed by atoms with Gasteiger partial charge in [0.1, 0.15) is 12.2 Å². The smallest absolute Gasteiger partial charge is 0.159 e. The molecule has 5 heteroatoms. The maximum absolute atomic E-state index is 11.9. The van der Waals surface area contributed by atoms with E-state index in [1.54, 1.807) is 18.7 Å². The molecule has 0 spiro atoms. The quantitative estimate of drug-likeness (QED) is 0.765. The zero-order valence-corrected chi connectivity index (χ0v) is 9.53. The highest BCUT2D eigenvalue weighted by Crippen LogP contribution is 2.12. The average Bonchev–Trinajstić information content (AvgIpc) is 2.52. The Kier molecular flexibility index (Phi) is 3.57. The Hall–Kier alpha value is -1.23. The number of aromatic nitrogens is 3. The first-order valence-electron chi connectivity index (χ1n) is 5.12. The number of aryl methyl sites for hydroxylation is 1. The summed E-state index contributed by atoms with van der Waals surface area (Å²) in [6.07, 6.45) is 3.29. The van der Waals surface area contributed by atoms with Gasteiger partial charge in [0.25, 0.3) is 0 Å². The van der Waals surface area contributed by atoms with Crippen LogP contribution in [0.5, 0.6) is 0 Å². The minimum absolute atomic E-state index is 0.0143. The molecule has 1 aromatic heterocycles. The van der Waals surface area contributed by atoms with Crippen molar-refractivity contribution >= 4 is 5.78 Å². The standard InChI is InChI=1S/C10H18N4O/c1-4-5-10(2,11)8(15)6-9-12-7-13-14(9)3/h7H,4-6,11H2,1-3H3. The van der Waals surface area contributed by atoms with Crippen molar-refractivity contribution in [2.24, 2.45) is 12.8 Å². The topological polar surface area (TPSA) is 73.8 Å². The minimum atomic E-state index is -0.749. The summed E-state index contributed by atoms with van der Waals surface area (Å²) < 4.78 is 1.60. The van der Waals surface area contributed by atoms with Crippen molar-refractivity contribution in [1.82, 2.24) is 14.8 Å². The van der Waals surface area contributed by atoms with Crippen LogP contribution in [0.3, 0.4) is 0 Å². The van der Waals surface area contributed by atoms with Gasteiger partial charge in [0.15, 0.2) is 5.78 Å². The van der Waals surface area contributed by atoms with Crippen molar-refractivity contribution < 1.29 is 4.79 Å². The van der Waals surface area contributed by atoms with E-state index in [1.807, 2.05) is 6.92 Å². The van der Waals surface area contributed by atoms with Crippen molar-refractivity contribution in [2.45, 2.75) is 38.6 Å². The normalized spacial score (nSPS) is 14.9. The number of hydrogen-bond acceptors (Lipinski definition) is 4. The number of nitrogens with two attached hydrogens (primary N) is 1. The molecule has 0 radical (unpaired) electrons. The highest BCUT2D eigenvalue weighted by molar-refractivity contribution is 5.89. The molecule has 0 fully saturated rings. The van der Waals surface area contributed by atoms with Gasteiger partial charge in [0.2, 0.25) is 0 Å². The predicted octanol–water partition coefficient (Wildman–Crippen LogP) is 0.444. The summed E-state index contributed by atoms with van der Waals surface area (Å²) in [5.41, 5.74) is 5.18. The molecule has 0 saturated heterocycles. The zero-order valence-electron chi connectivity index (χ0n) is 9.53. The molecule has 1 heterocycles. The largest absolute Gasteiger partial charge is 0.319 e. The Morgan fingerprint density at radius 3 is 2.80 bits per heavy atom. The van der Waals surface area contributed by atoms with Gasteiger partial charge in [0.05, 0.1) is 12.0 Å². The Balaban J connectivity index is 2.67. The lowest BCUT2D eigenvalue weighted by Gasteiger charge is -2.21. The molecule has 0 amide bonds. The molecule has 0 bridgehead atoms. The van der Waals surface area contributed by atoms with Gasteiger partial charge in [-0.3, -0.25) is 9.48 Å². The summed E-state index contributed by atoms with van der Waals surface area (Å²) in [5.74, 6) is 0.674. The summed E-state index contributed by atoms with van der Waals surface area (Å²) in [7, 11) is 1.77. The van der Waals surface area contributed by atoms with Crippen LogP contribution in [0.15, 0.2) is 6.33 Å². The van der Waals surface area contributed by atoms with Crippen molar-refractivity contribution in [3.05, 3.63) is 12.2 Å². The Labute approximate surface area is 89.7 Å². The van der Waals surface area contributed by atoms with Gasteiger partial charge in [-0.15, -0.1) is 0 Å². The fourth-order valence-corrected chi connectivity index (χ4v) is 1.48. The minimum Gasteiger partial charge on any atom is -0.319 e. The van der Waals surface area contributed by atoms with E-state index in [2.05, 4.69) is 10.1 Å². The van der Waals surface area contributed by atoms with Crippen LogP contribution in [0.1, 0.15) is 32.5 Å². The average molecular weight is 210 g/mol. The van der Waals surface area contributed by atoms with Crippen LogP contribution in [0, 0.1) is 0 Å². The molecule has 0 aromatic carbocycles. The molecule has 0 aliphatic rings. The van der Waals surface area contributed by atoms with Crippen molar-refractivity contribution in [3.63, 3.8) is 0 Å². The Morgan fingerprint density at radius 1 is 1.67 bits per heavy atom. The van der Waals surface area contributed by atoms with E-state index >= 15 is 0 Å². The highest BCUT2D eigenvalue weighted by atomic mass is 16.1. The molecule has 0 saturated carbocycles. The van der Waals surface area contributed by atoms with Crippen LogP contribution in [0.2, 0.25) is 0 Å². The first-order valence-corrected chi connectivity index (χ1v) is 5.12. The monoisotopic (exact) mass is 210 g/mol. The SMILES string of the molecule is CCCC(C)(N)C(=O)Cc1ncnn1C. The van der Waals surface area contributed by atoms with Crippen LogP contribution in [0.25, 0.3) is 0 Å². The summed E-state index contributed by atoms with van der Waals surface area (Å²) in [5, 5.41) is 3.91. The number of nitrogens with zero attached hydrogens (tertiary/aromatic N) is 3. The number of carbonyl (C=O) groups excluding carboxylic acids is 1. The molecule has 5 nitrogen and oxygen atoms in total. The Morgan fingerprint density at radius 2 is 2.33 bits per heavy atom. The van der Waals surface area contributed by atoms with E-state index in [1.165, 1.54) is 6.33 Å². The van der Waals surface area contributed by atoms with E-state index in [0.717, 1.165) is 6.42 Å². The van der Waals surface area contributed by atoms with E-state index in [4.69, 9.17) is 5.73 Å². The fraction of sp³-hybridized carbons (Fsp3) is 0.700. The van der Waals surface area contributed by atoms with Crippen LogP contribution in [0.4, 0.5) is 0 Å². The van der Waals surface area contributed by atoms with E-state index < -0.39 is 5.54 Å². The maximum Gasteiger partial charge on any atom is 0.159 e. The lowest BCUT2D eigenvalue weighted by Crippen LogP contribution is -2.45. The highest BCUT2D eigenvalue weighted by Gasteiger charge is 2.27. The predicted molar refractivity (Wildman–Crippen MR) is 57.2 cm³/mol. The molecule has 1 aromatic rings. The second-order valence-electron chi connectivity index (χ2n) is 4.07. The molecule has 2 N–H and O–H groups in total. The third-order valence-electron chi connectivity index (χ3n) is 2.53. The van der Waals surface area contributed by atoms with Crippen molar-refractivity contribution in [3.8, 4) is 0 Å². The molecule has 0 aliphatic heterocycles. The second kappa shape index (κ2) is 4.53. The molecule has 15 heavy (non-hydrogen) atoms. The van der Waals surface area contributed by atoms with Gasteiger partial charge in [-0.25, -0.2) is 4.98 Å². The van der Waals surface area contributed by atoms with Crippen LogP contribution >= 0.6 is 0 Å². The van der Waals surface area contributed by atoms with Crippen LogP contribution < -0.4 is 5.73 Å². The Bertz CT molecular complexity index is 343. The zero-order chi connectivity index (χ0) is 11.5. The van der Waals surface area contributed by atoms with E-state index in [-0.39, 0.29) is 12.2 Å². The number of rotatable bonds is 5. The summed E-state index contributed by atoms with van der Waals surface area (Å²) in [6, 6.07) is 0. The summed E-state index contributed by atoms with van der Waals surface area (Å²) in [4.78, 5) is 15.9. The summed E-state index contributed by atoms with van der Waals surface area (Å²) in [6.45, 7) is 3.79. The van der Waals surface area contributed by atoms with Crippen LogP contribution in [-0.4, -0.2) is 26.1 Å². The molecule has 84 valence electrons. The third-order valence-corrected chi connectivity index (χ3v) is 2.53. The lowest BCUT2D eigenvalue weighted by atomic mass is 9.90. The van der Waals surface area contributed by atoms with Gasteiger partial charge in [-0.2, -0.15) is 5.10 Å². The molecule has 1 atom stereocenters. The van der Waals surface area contributed by atoms with E-state index in [9.17, 15) is 4.79 Å². The number of Topliss-reactive ketones (excluding diaryl/α,β-unsaturated/α-hetero) is 1. The number of hydrogen-bond donors (Lipinski definition) is 1. The molecule has 1 rings (SSSR count). The summed E-state index contributed by atoms with van der Waals surface area (Å²) >= 11 is 0. The van der Waals surface area contributed by atoms with Gasteiger partial charge in [-0.05, 0) is 13.3 Å². The van der Waals surface area contributed by atoms with Crippen LogP contribution in [-0.2, 0) is 18.3 Å². The first-order chi connectivity index (χ1) is 6.97. The number of ketones is 1. The van der Waals surface area contributed by atoms with Crippen molar-refractivity contribution in [2.75, 3.05) is 0 Å².